The van der Waals surface area contributed by atoms with Gasteiger partial charge in [0.25, 0.3) is 73.9 Å². The zero-order valence-corrected chi connectivity index (χ0v) is 25.9. The van der Waals surface area contributed by atoms with E-state index in [2.05, 4.69) is 0 Å². The highest BCUT2D eigenvalue weighted by molar-refractivity contribution is 6.64. The molecule has 168 valence electrons. The van der Waals surface area contributed by atoms with E-state index in [1.54, 1.807) is 0 Å². The third kappa shape index (κ3) is 17.7. The van der Waals surface area contributed by atoms with E-state index in [0.717, 1.165) is 20.8 Å². The third-order valence-electron chi connectivity index (χ3n) is 2.14. The summed E-state index contributed by atoms with van der Waals surface area (Å²) >= 11 is 0. The van der Waals surface area contributed by atoms with Crippen LogP contribution in [-0.4, -0.2) is 93.0 Å². The summed E-state index contributed by atoms with van der Waals surface area (Å²) in [5, 5.41) is 0. The molecule has 0 aliphatic rings. The first kappa shape index (κ1) is 28.2. The zero-order chi connectivity index (χ0) is 22.1. The van der Waals surface area contributed by atoms with Crippen LogP contribution < -0.4 is 0 Å². The topological polar surface area (TPSA) is 161 Å². The predicted molar refractivity (Wildman–Crippen MR) is 111 cm³/mol. The van der Waals surface area contributed by atoms with Gasteiger partial charge in [0.1, 0.15) is 0 Å². The Morgan fingerprint density at radius 2 is 0.862 bits per heavy atom. The average Bonchev–Trinajstić information content (AvgIpc) is 2.56. The van der Waals surface area contributed by atoms with Gasteiger partial charge in [0, 0.05) is 27.7 Å². The molecular formula is C8H24O14Si7. The van der Waals surface area contributed by atoms with Gasteiger partial charge in [0.2, 0.25) is 0 Å². The first-order valence-electron chi connectivity index (χ1n) is 7.91. The highest BCUT2D eigenvalue weighted by atomic mass is 28.5. The minimum atomic E-state index is -4.30. The number of hydrogen-bond acceptors (Lipinski definition) is 14. The van der Waals surface area contributed by atoms with Crippen LogP contribution in [0.1, 0.15) is 27.7 Å². The smallest absolute Gasteiger partial charge is 0.500 e. The van der Waals surface area contributed by atoms with Crippen LogP contribution in [0.15, 0.2) is 0 Å². The first-order valence-corrected chi connectivity index (χ1v) is 16.5. The molecule has 0 heterocycles. The molecule has 14 nitrogen and oxygen atoms in total. The second-order valence-electron chi connectivity index (χ2n) is 4.79. The second-order valence-corrected chi connectivity index (χ2v) is 17.4. The van der Waals surface area contributed by atoms with Crippen LogP contribution >= 0.6 is 0 Å². The largest absolute Gasteiger partial charge is 0.889 e. The van der Waals surface area contributed by atoms with Crippen LogP contribution in [0.25, 0.3) is 0 Å². The van der Waals surface area contributed by atoms with Gasteiger partial charge in [-0.15, -0.1) is 0 Å². The maximum atomic E-state index is 11.2. The zero-order valence-electron chi connectivity index (χ0n) is 16.5. The Labute approximate surface area is 182 Å². The lowest BCUT2D eigenvalue weighted by molar-refractivity contribution is -0.153. The van der Waals surface area contributed by atoms with E-state index in [1.165, 1.54) is 6.92 Å². The van der Waals surface area contributed by atoms with Gasteiger partial charge in [0.05, 0.1) is 0 Å². The molecule has 21 heteroatoms. The van der Waals surface area contributed by atoms with Crippen molar-refractivity contribution in [2.24, 2.45) is 0 Å². The predicted octanol–water partition coefficient (Wildman–Crippen LogP) is -6.23. The van der Waals surface area contributed by atoms with E-state index in [9.17, 15) is 19.2 Å². The van der Waals surface area contributed by atoms with Crippen LogP contribution in [0.3, 0.4) is 0 Å². The van der Waals surface area contributed by atoms with Gasteiger partial charge < -0.3 is 42.4 Å². The molecule has 0 radical (unpaired) electrons. The molecule has 0 fully saturated rings. The lowest BCUT2D eigenvalue weighted by atomic mass is 10.9. The summed E-state index contributed by atoms with van der Waals surface area (Å²) in [6.07, 6.45) is 0. The Hall–Kier alpha value is -0.842. The van der Waals surface area contributed by atoms with Crippen molar-refractivity contribution < 1.29 is 61.6 Å². The van der Waals surface area contributed by atoms with Crippen LogP contribution in [0, 0.1) is 0 Å². The Morgan fingerprint density at radius 3 is 1.21 bits per heavy atom. The maximum Gasteiger partial charge on any atom is 0.889 e. The quantitative estimate of drug-likeness (QED) is 0.134. The van der Waals surface area contributed by atoms with E-state index in [0.29, 0.717) is 0 Å². The molecule has 0 aromatic heterocycles. The van der Waals surface area contributed by atoms with Gasteiger partial charge in [-0.1, -0.05) is 0 Å². The highest BCUT2D eigenvalue weighted by Crippen LogP contribution is 2.13. The molecule has 0 aromatic carbocycles. The lowest BCUT2D eigenvalue weighted by Gasteiger charge is -2.24. The van der Waals surface area contributed by atoms with Crippen LogP contribution in [0.4, 0.5) is 0 Å². The molecule has 0 bridgehead atoms. The Morgan fingerprint density at radius 1 is 0.517 bits per heavy atom. The molecule has 0 saturated heterocycles. The first-order chi connectivity index (χ1) is 13.7. The SMILES string of the molecule is CC(=O)O[SiH2]O[SiH2]O[SiH2]O[SiH2]O[SiH2]O[SiH2]O[Si](OC(C)=O)(OC(C)=O)OC(C)=O. The highest BCUT2D eigenvalue weighted by Gasteiger charge is 2.57. The van der Waals surface area contributed by atoms with Gasteiger partial charge in [-0.25, -0.2) is 0 Å². The maximum absolute atomic E-state index is 11.2. The molecule has 29 heavy (non-hydrogen) atoms. The molecule has 0 spiro atoms. The Bertz CT molecular complexity index is 493. The van der Waals surface area contributed by atoms with E-state index < -0.39 is 87.0 Å². The summed E-state index contributed by atoms with van der Waals surface area (Å²) in [5.74, 6) is -2.88. The monoisotopic (exact) mass is 540 g/mol. The number of hydrogen-bond donors (Lipinski definition) is 0. The van der Waals surface area contributed by atoms with Crippen molar-refractivity contribution in [2.75, 3.05) is 0 Å². The van der Waals surface area contributed by atoms with Crippen molar-refractivity contribution in [1.82, 2.24) is 0 Å². The number of carbonyl (C=O) groups excluding carboxylic acids is 4. The molecule has 0 aliphatic carbocycles. The second kappa shape index (κ2) is 16.9. The van der Waals surface area contributed by atoms with Gasteiger partial charge in [-0.3, -0.25) is 19.2 Å². The fourth-order valence-corrected chi connectivity index (χ4v) is 12.9. The molecule has 0 aromatic rings. The standard InChI is InChI=1S/C8H24O14Si7/c1-5(9)13-23-17-24-18-25-19-26-20-27-21-28-22-29(14-6(2)10,15-7(3)11)16-8(4)12/h23-28H2,1-4H3. The van der Waals surface area contributed by atoms with Crippen molar-refractivity contribution in [3.05, 3.63) is 0 Å². The summed E-state index contributed by atoms with van der Waals surface area (Å²) in [6.45, 7) is 4.48. The van der Waals surface area contributed by atoms with Crippen molar-refractivity contribution in [3.8, 4) is 0 Å². The summed E-state index contributed by atoms with van der Waals surface area (Å²) in [6, 6.07) is 0. The fraction of sp³-hybridized carbons (Fsp3) is 0.500. The van der Waals surface area contributed by atoms with Gasteiger partial charge >= 0.3 is 19.1 Å². The average molecular weight is 541 g/mol. The Balaban J connectivity index is 3.97. The van der Waals surface area contributed by atoms with Crippen LogP contribution in [0.2, 0.25) is 0 Å². The van der Waals surface area contributed by atoms with Crippen molar-refractivity contribution in [1.29, 1.82) is 0 Å². The summed E-state index contributed by atoms with van der Waals surface area (Å²) < 4.78 is 50.7. The summed E-state index contributed by atoms with van der Waals surface area (Å²) in [5.41, 5.74) is 0. The fourth-order valence-electron chi connectivity index (χ4n) is 1.32. The van der Waals surface area contributed by atoms with Crippen molar-refractivity contribution >= 4 is 93.0 Å². The molecule has 0 rings (SSSR count). The molecule has 0 amide bonds. The molecule has 0 aliphatic heterocycles. The molecule has 0 N–H and O–H groups in total. The van der Waals surface area contributed by atoms with Crippen molar-refractivity contribution in [3.63, 3.8) is 0 Å². The minimum absolute atomic E-state index is 0.370. The van der Waals surface area contributed by atoms with Gasteiger partial charge in [-0.05, 0) is 0 Å². The van der Waals surface area contributed by atoms with E-state index in [-0.39, 0.29) is 5.97 Å². The molecule has 0 saturated carbocycles. The molecular weight excluding hydrogens is 517 g/mol. The number of carbonyl (C=O) groups is 4. The summed E-state index contributed by atoms with van der Waals surface area (Å²) in [7, 11) is -12.5. The minimum Gasteiger partial charge on any atom is -0.500 e. The third-order valence-corrected chi connectivity index (χ3v) is 12.8. The molecule has 0 unspecified atom stereocenters. The number of rotatable bonds is 16. The Kier molecular flexibility index (Phi) is 16.4. The van der Waals surface area contributed by atoms with Gasteiger partial charge in [-0.2, -0.15) is 0 Å². The van der Waals surface area contributed by atoms with Crippen molar-refractivity contribution in [2.45, 2.75) is 27.7 Å². The van der Waals surface area contributed by atoms with E-state index >= 15 is 0 Å². The lowest BCUT2D eigenvalue weighted by Crippen LogP contribution is -2.53. The van der Waals surface area contributed by atoms with Crippen LogP contribution in [-0.2, 0) is 61.6 Å². The van der Waals surface area contributed by atoms with E-state index in [1.807, 2.05) is 0 Å². The molecule has 0 atom stereocenters. The normalized spacial score (nSPS) is 13.4. The van der Waals surface area contributed by atoms with Crippen LogP contribution in [0.5, 0.6) is 0 Å². The van der Waals surface area contributed by atoms with E-state index in [4.69, 9.17) is 42.4 Å². The van der Waals surface area contributed by atoms with Gasteiger partial charge in [0.15, 0.2) is 0 Å². The summed E-state index contributed by atoms with van der Waals surface area (Å²) in [4.78, 5) is 44.2.